The van der Waals surface area contributed by atoms with Crippen LogP contribution in [0.5, 0.6) is 0 Å². The Morgan fingerprint density at radius 3 is 2.71 bits per heavy atom. The van der Waals surface area contributed by atoms with Crippen molar-refractivity contribution in [3.8, 4) is 0 Å². The smallest absolute Gasteiger partial charge is 0.263 e. The first kappa shape index (κ1) is 14.2. The van der Waals surface area contributed by atoms with Crippen LogP contribution >= 0.6 is 22.7 Å². The van der Waals surface area contributed by atoms with E-state index in [0.29, 0.717) is 18.2 Å². The molecule has 7 heteroatoms. The summed E-state index contributed by atoms with van der Waals surface area (Å²) in [4.78, 5) is 32.0. The van der Waals surface area contributed by atoms with E-state index in [9.17, 15) is 9.59 Å². The Morgan fingerprint density at radius 2 is 2.14 bits per heavy atom. The zero-order valence-electron chi connectivity index (χ0n) is 11.8. The molecule has 0 aliphatic carbocycles. The molecule has 0 unspecified atom stereocenters. The number of rotatable bonds is 3. The molecule has 3 rings (SSSR count). The molecule has 2 aromatic heterocycles. The van der Waals surface area contributed by atoms with Gasteiger partial charge in [-0.25, -0.2) is 4.98 Å². The molecule has 0 aromatic carbocycles. The number of nitrogens with one attached hydrogen (secondary N) is 1. The Hall–Kier alpha value is -1.73. The summed E-state index contributed by atoms with van der Waals surface area (Å²) >= 11 is 2.90. The largest absolute Gasteiger partial charge is 0.336 e. The molecule has 1 aliphatic heterocycles. The maximum Gasteiger partial charge on any atom is 0.263 e. The zero-order valence-corrected chi connectivity index (χ0v) is 13.4. The van der Waals surface area contributed by atoms with E-state index in [1.807, 2.05) is 31.4 Å². The lowest BCUT2D eigenvalue weighted by molar-refractivity contribution is -0.123. The third-order valence-corrected chi connectivity index (χ3v) is 5.38. The van der Waals surface area contributed by atoms with Crippen LogP contribution in [0.1, 0.15) is 20.2 Å². The number of amides is 2. The van der Waals surface area contributed by atoms with Crippen LogP contribution in [-0.4, -0.2) is 34.8 Å². The van der Waals surface area contributed by atoms with Gasteiger partial charge in [0.05, 0.1) is 16.5 Å². The third kappa shape index (κ3) is 2.84. The number of likely N-dealkylation sites (tertiary alicyclic amines) is 1. The van der Waals surface area contributed by atoms with Gasteiger partial charge < -0.3 is 10.2 Å². The molecule has 1 fully saturated rings. The van der Waals surface area contributed by atoms with Crippen LogP contribution in [0.4, 0.5) is 5.13 Å². The van der Waals surface area contributed by atoms with Gasteiger partial charge in [-0.1, -0.05) is 6.07 Å². The number of hydrogen-bond acceptors (Lipinski definition) is 5. The topological polar surface area (TPSA) is 62.3 Å². The first-order valence-electron chi connectivity index (χ1n) is 6.62. The molecule has 21 heavy (non-hydrogen) atoms. The molecule has 0 spiro atoms. The minimum absolute atomic E-state index is 0.00925. The highest BCUT2D eigenvalue weighted by atomic mass is 32.1. The van der Waals surface area contributed by atoms with Crippen LogP contribution in [-0.2, 0) is 4.79 Å². The number of nitrogens with zero attached hydrogens (tertiary/aromatic N) is 2. The second-order valence-electron chi connectivity index (χ2n) is 5.03. The second kappa shape index (κ2) is 5.57. The van der Waals surface area contributed by atoms with Gasteiger partial charge in [-0.2, -0.15) is 0 Å². The highest BCUT2D eigenvalue weighted by Gasteiger charge is 2.36. The average Bonchev–Trinajstić information content (AvgIpc) is 2.98. The van der Waals surface area contributed by atoms with Crippen molar-refractivity contribution in [2.45, 2.75) is 13.8 Å². The minimum Gasteiger partial charge on any atom is -0.336 e. The number of aryl methyl sites for hydroxylation is 2. The molecule has 0 saturated carbocycles. The van der Waals surface area contributed by atoms with Gasteiger partial charge >= 0.3 is 0 Å². The Balaban J connectivity index is 1.54. The van der Waals surface area contributed by atoms with Gasteiger partial charge in [-0.05, 0) is 25.3 Å². The van der Waals surface area contributed by atoms with Gasteiger partial charge in [0.25, 0.3) is 5.91 Å². The van der Waals surface area contributed by atoms with E-state index in [-0.39, 0.29) is 17.7 Å². The lowest BCUT2D eigenvalue weighted by atomic mass is 9.99. The summed E-state index contributed by atoms with van der Waals surface area (Å²) in [6, 6.07) is 3.66. The fraction of sp³-hybridized carbons (Fsp3) is 0.357. The van der Waals surface area contributed by atoms with E-state index in [0.717, 1.165) is 15.4 Å². The standard InChI is InChI=1S/C14H15N3O2S2/c1-8-9(2)21-14(15-8)16-12(18)10-6-17(7-10)13(19)11-4-3-5-20-11/h3-5,10H,6-7H2,1-2H3,(H,15,16,18). The van der Waals surface area contributed by atoms with Crippen LogP contribution in [0.3, 0.4) is 0 Å². The first-order chi connectivity index (χ1) is 10.0. The molecule has 5 nitrogen and oxygen atoms in total. The van der Waals surface area contributed by atoms with Gasteiger partial charge in [0, 0.05) is 18.0 Å². The van der Waals surface area contributed by atoms with Gasteiger partial charge in [0.2, 0.25) is 5.91 Å². The molecule has 1 saturated heterocycles. The average molecular weight is 321 g/mol. The van der Waals surface area contributed by atoms with Gasteiger partial charge in [0.1, 0.15) is 0 Å². The van der Waals surface area contributed by atoms with Crippen LogP contribution in [0.15, 0.2) is 17.5 Å². The SMILES string of the molecule is Cc1nc(NC(=O)C2CN(C(=O)c3cccs3)C2)sc1C. The predicted molar refractivity (Wildman–Crippen MR) is 83.9 cm³/mol. The number of thiazole rings is 1. The summed E-state index contributed by atoms with van der Waals surface area (Å²) < 4.78 is 0. The van der Waals surface area contributed by atoms with Crippen LogP contribution in [0, 0.1) is 19.8 Å². The normalized spacial score (nSPS) is 14.9. The Morgan fingerprint density at radius 1 is 1.38 bits per heavy atom. The molecule has 0 bridgehead atoms. The summed E-state index contributed by atoms with van der Waals surface area (Å²) in [6.07, 6.45) is 0. The fourth-order valence-corrected chi connectivity index (χ4v) is 3.61. The molecule has 2 amide bonds. The number of carbonyl (C=O) groups excluding carboxylic acids is 2. The summed E-state index contributed by atoms with van der Waals surface area (Å²) in [5.74, 6) is -0.188. The second-order valence-corrected chi connectivity index (χ2v) is 7.19. The number of anilines is 1. The van der Waals surface area contributed by atoms with E-state index in [1.165, 1.54) is 22.7 Å². The van der Waals surface area contributed by atoms with Crippen LogP contribution in [0.25, 0.3) is 0 Å². The molecule has 110 valence electrons. The number of hydrogen-bond donors (Lipinski definition) is 1. The minimum atomic E-state index is -0.140. The van der Waals surface area contributed by atoms with Crippen molar-refractivity contribution in [3.63, 3.8) is 0 Å². The molecule has 0 atom stereocenters. The molecule has 1 aliphatic rings. The van der Waals surface area contributed by atoms with Crippen molar-refractivity contribution in [2.24, 2.45) is 5.92 Å². The molecule has 3 heterocycles. The van der Waals surface area contributed by atoms with E-state index < -0.39 is 0 Å². The quantitative estimate of drug-likeness (QED) is 0.945. The highest BCUT2D eigenvalue weighted by molar-refractivity contribution is 7.15. The van der Waals surface area contributed by atoms with Crippen molar-refractivity contribution >= 4 is 39.6 Å². The van der Waals surface area contributed by atoms with Gasteiger partial charge in [0.15, 0.2) is 5.13 Å². The van der Waals surface area contributed by atoms with E-state index in [2.05, 4.69) is 10.3 Å². The zero-order chi connectivity index (χ0) is 15.0. The van der Waals surface area contributed by atoms with E-state index in [4.69, 9.17) is 0 Å². The summed E-state index contributed by atoms with van der Waals surface area (Å²) in [6.45, 7) is 4.86. The summed E-state index contributed by atoms with van der Waals surface area (Å²) in [7, 11) is 0. The van der Waals surface area contributed by atoms with Crippen molar-refractivity contribution in [1.82, 2.24) is 9.88 Å². The molecule has 2 aromatic rings. The fourth-order valence-electron chi connectivity index (χ4n) is 2.10. The summed E-state index contributed by atoms with van der Waals surface area (Å²) in [5.41, 5.74) is 0.943. The predicted octanol–water partition coefficient (Wildman–Crippen LogP) is 2.53. The highest BCUT2D eigenvalue weighted by Crippen LogP contribution is 2.25. The van der Waals surface area contributed by atoms with Crippen molar-refractivity contribution in [1.29, 1.82) is 0 Å². The van der Waals surface area contributed by atoms with E-state index >= 15 is 0 Å². The van der Waals surface area contributed by atoms with Gasteiger partial charge in [-0.15, -0.1) is 22.7 Å². The maximum absolute atomic E-state index is 12.1. The lowest BCUT2D eigenvalue weighted by Gasteiger charge is -2.37. The lowest BCUT2D eigenvalue weighted by Crippen LogP contribution is -2.54. The van der Waals surface area contributed by atoms with Crippen molar-refractivity contribution in [3.05, 3.63) is 33.0 Å². The van der Waals surface area contributed by atoms with Crippen LogP contribution in [0.2, 0.25) is 0 Å². The van der Waals surface area contributed by atoms with Gasteiger partial charge in [-0.3, -0.25) is 9.59 Å². The maximum atomic E-state index is 12.1. The van der Waals surface area contributed by atoms with E-state index in [1.54, 1.807) is 4.90 Å². The van der Waals surface area contributed by atoms with Crippen molar-refractivity contribution < 1.29 is 9.59 Å². The third-order valence-electron chi connectivity index (χ3n) is 3.53. The molecular formula is C14H15N3O2S2. The Bertz CT molecular complexity index is 653. The number of thiophene rings is 1. The van der Waals surface area contributed by atoms with Crippen LogP contribution < -0.4 is 5.32 Å². The Kier molecular flexibility index (Phi) is 3.77. The van der Waals surface area contributed by atoms with Crippen molar-refractivity contribution in [2.75, 3.05) is 18.4 Å². The molecule has 0 radical (unpaired) electrons. The molecular weight excluding hydrogens is 306 g/mol. The summed E-state index contributed by atoms with van der Waals surface area (Å²) in [5, 5.41) is 5.35. The first-order valence-corrected chi connectivity index (χ1v) is 8.32. The number of aromatic nitrogens is 1. The Labute approximate surface area is 130 Å². The monoisotopic (exact) mass is 321 g/mol. The number of carbonyl (C=O) groups is 2. The molecule has 1 N–H and O–H groups in total.